The first kappa shape index (κ1) is 23.1. The van der Waals surface area contributed by atoms with Crippen LogP contribution in [0.4, 0.5) is 11.4 Å². The molecule has 0 bridgehead atoms. The molecule has 0 aliphatic carbocycles. The molecular formula is C27H25N5O2S2. The Labute approximate surface area is 217 Å². The molecule has 36 heavy (non-hydrogen) atoms. The van der Waals surface area contributed by atoms with E-state index in [0.29, 0.717) is 19.8 Å². The SMILES string of the molecule is Cc1nccnc1CNc1ccc2c(c1)Sc1cccc(-c3cc(N4CCOCC4)cc(=O)[nH]3)c1S2. The van der Waals surface area contributed by atoms with Crippen molar-refractivity contribution in [2.45, 2.75) is 33.1 Å². The normalized spacial score (nSPS) is 14.8. The second-order valence-electron chi connectivity index (χ2n) is 8.66. The van der Waals surface area contributed by atoms with Gasteiger partial charge in [-0.25, -0.2) is 0 Å². The number of hydrogen-bond acceptors (Lipinski definition) is 8. The Bertz CT molecular complexity index is 1480. The van der Waals surface area contributed by atoms with E-state index in [9.17, 15) is 4.79 Å². The maximum atomic E-state index is 12.6. The number of hydrogen-bond donors (Lipinski definition) is 2. The number of fused-ring (bicyclic) bond motifs is 2. The Balaban J connectivity index is 1.27. The highest BCUT2D eigenvalue weighted by Crippen LogP contribution is 2.52. The molecule has 9 heteroatoms. The number of anilines is 2. The zero-order valence-electron chi connectivity index (χ0n) is 19.8. The lowest BCUT2D eigenvalue weighted by atomic mass is 10.1. The summed E-state index contributed by atoms with van der Waals surface area (Å²) in [6.45, 7) is 5.55. The van der Waals surface area contributed by atoms with Gasteiger partial charge in [0.25, 0.3) is 0 Å². The van der Waals surface area contributed by atoms with Gasteiger partial charge in [-0.3, -0.25) is 14.8 Å². The molecule has 0 atom stereocenters. The van der Waals surface area contributed by atoms with Gasteiger partial charge < -0.3 is 19.9 Å². The molecule has 1 fully saturated rings. The third-order valence-corrected chi connectivity index (χ3v) is 8.89. The lowest BCUT2D eigenvalue weighted by Crippen LogP contribution is -2.36. The van der Waals surface area contributed by atoms with Crippen LogP contribution < -0.4 is 15.8 Å². The number of morpholine rings is 1. The van der Waals surface area contributed by atoms with Gasteiger partial charge in [-0.1, -0.05) is 35.7 Å². The first-order chi connectivity index (χ1) is 17.6. The summed E-state index contributed by atoms with van der Waals surface area (Å²) in [5.74, 6) is 0. The molecule has 0 spiro atoms. The lowest BCUT2D eigenvalue weighted by molar-refractivity contribution is 0.122. The fourth-order valence-corrected chi connectivity index (χ4v) is 6.81. The summed E-state index contributed by atoms with van der Waals surface area (Å²) >= 11 is 3.51. The van der Waals surface area contributed by atoms with Crippen LogP contribution >= 0.6 is 23.5 Å². The average molecular weight is 516 g/mol. The monoisotopic (exact) mass is 515 g/mol. The molecule has 0 amide bonds. The summed E-state index contributed by atoms with van der Waals surface area (Å²) in [5.41, 5.74) is 5.67. The molecule has 4 aromatic rings. The van der Waals surface area contributed by atoms with Gasteiger partial charge in [0.1, 0.15) is 0 Å². The summed E-state index contributed by atoms with van der Waals surface area (Å²) in [5, 5.41) is 3.48. The summed E-state index contributed by atoms with van der Waals surface area (Å²) in [6, 6.07) is 16.5. The van der Waals surface area contributed by atoms with E-state index in [1.165, 1.54) is 19.6 Å². The molecule has 1 saturated heterocycles. The van der Waals surface area contributed by atoms with Crippen molar-refractivity contribution in [2.75, 3.05) is 36.5 Å². The third kappa shape index (κ3) is 4.74. The number of H-pyrrole nitrogens is 1. The number of nitrogens with zero attached hydrogens (tertiary/aromatic N) is 3. The fourth-order valence-electron chi connectivity index (χ4n) is 4.40. The van der Waals surface area contributed by atoms with Crippen LogP contribution in [0.1, 0.15) is 11.4 Å². The molecule has 2 aromatic heterocycles. The maximum absolute atomic E-state index is 12.6. The van der Waals surface area contributed by atoms with Crippen LogP contribution in [0.15, 0.2) is 85.3 Å². The Morgan fingerprint density at radius 2 is 1.86 bits per heavy atom. The molecule has 2 aromatic carbocycles. The van der Waals surface area contributed by atoms with Gasteiger partial charge in [-0.05, 0) is 37.3 Å². The lowest BCUT2D eigenvalue weighted by Gasteiger charge is -2.29. The quantitative estimate of drug-likeness (QED) is 0.330. The molecule has 4 heterocycles. The van der Waals surface area contributed by atoms with E-state index in [0.717, 1.165) is 47.1 Å². The second-order valence-corrected chi connectivity index (χ2v) is 10.8. The summed E-state index contributed by atoms with van der Waals surface area (Å²) in [4.78, 5) is 31.4. The zero-order chi connectivity index (χ0) is 24.5. The van der Waals surface area contributed by atoms with Crippen molar-refractivity contribution in [3.8, 4) is 11.3 Å². The molecule has 0 radical (unpaired) electrons. The average Bonchev–Trinajstić information content (AvgIpc) is 2.91. The Morgan fingerprint density at radius 1 is 1.00 bits per heavy atom. The fraction of sp³-hybridized carbons (Fsp3) is 0.222. The first-order valence-corrected chi connectivity index (χ1v) is 13.5. The number of aromatic nitrogens is 3. The van der Waals surface area contributed by atoms with E-state index < -0.39 is 0 Å². The Kier molecular flexibility index (Phi) is 6.43. The summed E-state index contributed by atoms with van der Waals surface area (Å²) in [6.07, 6.45) is 3.44. The molecule has 0 saturated carbocycles. The highest BCUT2D eigenvalue weighted by atomic mass is 32.2. The third-order valence-electron chi connectivity index (χ3n) is 6.29. The van der Waals surface area contributed by atoms with Crippen LogP contribution in [-0.2, 0) is 11.3 Å². The van der Waals surface area contributed by atoms with Crippen molar-refractivity contribution in [2.24, 2.45) is 0 Å². The van der Waals surface area contributed by atoms with Crippen molar-refractivity contribution >= 4 is 34.9 Å². The minimum Gasteiger partial charge on any atom is -0.379 e. The van der Waals surface area contributed by atoms with Crippen molar-refractivity contribution < 1.29 is 4.74 Å². The number of pyridine rings is 1. The predicted octanol–water partition coefficient (Wildman–Crippen LogP) is 5.20. The Morgan fingerprint density at radius 3 is 2.72 bits per heavy atom. The van der Waals surface area contributed by atoms with Gasteiger partial charge in [0.05, 0.1) is 36.8 Å². The summed E-state index contributed by atoms with van der Waals surface area (Å²) < 4.78 is 5.48. The second kappa shape index (κ2) is 10.0. The van der Waals surface area contributed by atoms with E-state index in [1.54, 1.807) is 42.0 Å². The van der Waals surface area contributed by atoms with Crippen LogP contribution in [0.5, 0.6) is 0 Å². The highest BCUT2D eigenvalue weighted by Gasteiger charge is 2.22. The molecule has 2 aliphatic heterocycles. The molecule has 2 aliphatic rings. The van der Waals surface area contributed by atoms with Crippen LogP contribution in [0.2, 0.25) is 0 Å². The van der Waals surface area contributed by atoms with Crippen LogP contribution in [-0.4, -0.2) is 41.3 Å². The van der Waals surface area contributed by atoms with Crippen molar-refractivity contribution in [1.29, 1.82) is 0 Å². The molecular weight excluding hydrogens is 490 g/mol. The van der Waals surface area contributed by atoms with Crippen molar-refractivity contribution in [1.82, 2.24) is 15.0 Å². The van der Waals surface area contributed by atoms with E-state index in [1.807, 2.05) is 6.92 Å². The number of aryl methyl sites for hydroxylation is 1. The largest absolute Gasteiger partial charge is 0.379 e. The minimum absolute atomic E-state index is 0.0884. The van der Waals surface area contributed by atoms with Crippen LogP contribution in [0, 0.1) is 6.92 Å². The highest BCUT2D eigenvalue weighted by molar-refractivity contribution is 8.05. The van der Waals surface area contributed by atoms with Gasteiger partial charge in [0, 0.05) is 68.1 Å². The topological polar surface area (TPSA) is 83.1 Å². The van der Waals surface area contributed by atoms with Crippen LogP contribution in [0.25, 0.3) is 11.3 Å². The molecule has 2 N–H and O–H groups in total. The van der Waals surface area contributed by atoms with Gasteiger partial charge in [-0.2, -0.15) is 0 Å². The van der Waals surface area contributed by atoms with Gasteiger partial charge >= 0.3 is 0 Å². The predicted molar refractivity (Wildman–Crippen MR) is 144 cm³/mol. The minimum atomic E-state index is -0.0884. The van der Waals surface area contributed by atoms with E-state index in [2.05, 4.69) is 67.6 Å². The maximum Gasteiger partial charge on any atom is 0.250 e. The van der Waals surface area contributed by atoms with Gasteiger partial charge in [0.15, 0.2) is 0 Å². The first-order valence-electron chi connectivity index (χ1n) is 11.8. The molecule has 6 rings (SSSR count). The smallest absolute Gasteiger partial charge is 0.250 e. The van der Waals surface area contributed by atoms with E-state index in [-0.39, 0.29) is 5.56 Å². The molecule has 182 valence electrons. The number of nitrogens with one attached hydrogen (secondary N) is 2. The molecule has 7 nitrogen and oxygen atoms in total. The number of ether oxygens (including phenoxy) is 1. The molecule has 0 unspecified atom stereocenters. The van der Waals surface area contributed by atoms with Gasteiger partial charge in [-0.15, -0.1) is 0 Å². The van der Waals surface area contributed by atoms with Gasteiger partial charge in [0.2, 0.25) is 5.56 Å². The zero-order valence-corrected chi connectivity index (χ0v) is 21.4. The van der Waals surface area contributed by atoms with E-state index >= 15 is 0 Å². The van der Waals surface area contributed by atoms with Crippen molar-refractivity contribution in [3.63, 3.8) is 0 Å². The van der Waals surface area contributed by atoms with Crippen LogP contribution in [0.3, 0.4) is 0 Å². The number of benzene rings is 2. The Hall–Kier alpha value is -3.27. The summed E-state index contributed by atoms with van der Waals surface area (Å²) in [7, 11) is 0. The standard InChI is InChI=1S/C27H25N5O2S2/c1-17-22(29-8-7-28-17)16-30-18-5-6-23-25(13-18)35-24-4-2-3-20(27(24)36-23)21-14-19(15-26(33)31-21)32-9-11-34-12-10-32/h2-8,13-15,30H,9-12,16H2,1H3,(H,31,33). The van der Waals surface area contributed by atoms with E-state index in [4.69, 9.17) is 4.74 Å². The number of aromatic amines is 1. The number of rotatable bonds is 5. The van der Waals surface area contributed by atoms with Crippen molar-refractivity contribution in [3.05, 3.63) is 82.7 Å².